The second-order valence-electron chi connectivity index (χ2n) is 7.83. The third-order valence-corrected chi connectivity index (χ3v) is 5.14. The molecule has 130 valence electrons. The Bertz CT molecular complexity index is 652. The second-order valence-corrected chi connectivity index (χ2v) is 7.83. The number of rotatable bonds is 2. The van der Waals surface area contributed by atoms with Crippen molar-refractivity contribution < 1.29 is 9.72 Å². The van der Waals surface area contributed by atoms with Crippen molar-refractivity contribution in [2.24, 2.45) is 0 Å². The van der Waals surface area contributed by atoms with Crippen LogP contribution in [0.4, 0.5) is 5.69 Å². The summed E-state index contributed by atoms with van der Waals surface area (Å²) in [5.41, 5.74) is 0.780. The lowest BCUT2D eigenvalue weighted by atomic mass is 9.85. The molecule has 6 heteroatoms. The van der Waals surface area contributed by atoms with Gasteiger partial charge in [0.25, 0.3) is 11.6 Å². The summed E-state index contributed by atoms with van der Waals surface area (Å²) >= 11 is 0. The highest BCUT2D eigenvalue weighted by atomic mass is 16.6. The lowest BCUT2D eigenvalue weighted by molar-refractivity contribution is -0.386. The van der Waals surface area contributed by atoms with E-state index in [-0.39, 0.29) is 34.0 Å². The van der Waals surface area contributed by atoms with Crippen LogP contribution in [0.25, 0.3) is 0 Å². The van der Waals surface area contributed by atoms with E-state index >= 15 is 0 Å². The Hall–Kier alpha value is -1.95. The minimum Gasteiger partial charge on any atom is -0.331 e. The molecule has 1 amide bonds. The summed E-state index contributed by atoms with van der Waals surface area (Å²) in [6, 6.07) is 5.39. The Morgan fingerprint density at radius 3 is 2.62 bits per heavy atom. The summed E-state index contributed by atoms with van der Waals surface area (Å²) in [6.07, 6.45) is 2.98. The number of nitro groups is 1. The summed E-state index contributed by atoms with van der Waals surface area (Å²) in [5, 5.41) is 14.9. The first-order chi connectivity index (χ1) is 11.3. The van der Waals surface area contributed by atoms with Gasteiger partial charge in [0.05, 0.1) is 4.92 Å². The van der Waals surface area contributed by atoms with Gasteiger partial charge in [0.1, 0.15) is 0 Å². The van der Waals surface area contributed by atoms with E-state index in [9.17, 15) is 14.9 Å². The van der Waals surface area contributed by atoms with E-state index in [4.69, 9.17) is 0 Å². The molecule has 2 saturated heterocycles. The number of nitro benzene ring substituents is 1. The fourth-order valence-electron chi connectivity index (χ4n) is 3.91. The van der Waals surface area contributed by atoms with Gasteiger partial charge in [-0.05, 0) is 37.3 Å². The molecule has 6 nitrogen and oxygen atoms in total. The van der Waals surface area contributed by atoms with Crippen molar-refractivity contribution in [2.45, 2.75) is 57.5 Å². The molecule has 2 unspecified atom stereocenters. The predicted molar refractivity (Wildman–Crippen MR) is 92.3 cm³/mol. The molecule has 0 aliphatic carbocycles. The number of carbonyl (C=O) groups excluding carboxylic acids is 1. The molecule has 24 heavy (non-hydrogen) atoms. The highest BCUT2D eigenvalue weighted by Gasteiger charge is 2.39. The van der Waals surface area contributed by atoms with Crippen LogP contribution in [0, 0.1) is 10.1 Å². The van der Waals surface area contributed by atoms with Gasteiger partial charge in [0.15, 0.2) is 0 Å². The highest BCUT2D eigenvalue weighted by Crippen LogP contribution is 2.34. The SMILES string of the molecule is CC(C)(C)c1ccc(C(=O)N2C3CCNCC2CC3)cc1[N+](=O)[O-]. The number of hydrogen-bond donors (Lipinski definition) is 1. The molecular formula is C18H25N3O3. The van der Waals surface area contributed by atoms with Crippen LogP contribution in [0.1, 0.15) is 56.0 Å². The maximum atomic E-state index is 13.0. The summed E-state index contributed by atoms with van der Waals surface area (Å²) in [7, 11) is 0. The van der Waals surface area contributed by atoms with Gasteiger partial charge in [-0.25, -0.2) is 0 Å². The molecule has 0 aromatic heterocycles. The van der Waals surface area contributed by atoms with Crippen LogP contribution in [0.5, 0.6) is 0 Å². The van der Waals surface area contributed by atoms with E-state index in [0.717, 1.165) is 32.4 Å². The average molecular weight is 331 g/mol. The molecule has 2 aliphatic heterocycles. The normalized spacial score (nSPS) is 23.9. The molecule has 0 saturated carbocycles. The van der Waals surface area contributed by atoms with E-state index in [2.05, 4.69) is 5.32 Å². The van der Waals surface area contributed by atoms with Gasteiger partial charge in [-0.15, -0.1) is 0 Å². The highest BCUT2D eigenvalue weighted by molar-refractivity contribution is 5.95. The summed E-state index contributed by atoms with van der Waals surface area (Å²) < 4.78 is 0. The van der Waals surface area contributed by atoms with Gasteiger partial charge in [0.2, 0.25) is 0 Å². The fraction of sp³-hybridized carbons (Fsp3) is 0.611. The van der Waals surface area contributed by atoms with Crippen LogP contribution in [0.2, 0.25) is 0 Å². The largest absolute Gasteiger partial charge is 0.331 e. The second kappa shape index (κ2) is 6.16. The van der Waals surface area contributed by atoms with Crippen LogP contribution >= 0.6 is 0 Å². The van der Waals surface area contributed by atoms with Crippen LogP contribution < -0.4 is 5.32 Å². The van der Waals surface area contributed by atoms with Crippen molar-refractivity contribution in [1.82, 2.24) is 10.2 Å². The molecule has 1 aromatic carbocycles. The molecule has 2 aliphatic rings. The zero-order valence-corrected chi connectivity index (χ0v) is 14.5. The maximum Gasteiger partial charge on any atom is 0.273 e. The maximum absolute atomic E-state index is 13.0. The monoisotopic (exact) mass is 331 g/mol. The van der Waals surface area contributed by atoms with Gasteiger partial charge in [-0.2, -0.15) is 0 Å². The Morgan fingerprint density at radius 2 is 1.96 bits per heavy atom. The molecule has 2 fully saturated rings. The topological polar surface area (TPSA) is 75.5 Å². The van der Waals surface area contributed by atoms with Crippen LogP contribution in [0.15, 0.2) is 18.2 Å². The first-order valence-corrected chi connectivity index (χ1v) is 8.61. The third kappa shape index (κ3) is 3.02. The molecular weight excluding hydrogens is 306 g/mol. The number of amides is 1. The van der Waals surface area contributed by atoms with Crippen molar-refractivity contribution in [3.05, 3.63) is 39.4 Å². The summed E-state index contributed by atoms with van der Waals surface area (Å²) in [5.74, 6) is -0.0743. The van der Waals surface area contributed by atoms with E-state index in [1.165, 1.54) is 6.07 Å². The predicted octanol–water partition coefficient (Wildman–Crippen LogP) is 2.86. The molecule has 1 N–H and O–H groups in total. The lowest BCUT2D eigenvalue weighted by Crippen LogP contribution is -2.42. The van der Waals surface area contributed by atoms with Crippen molar-refractivity contribution >= 4 is 11.6 Å². The minimum atomic E-state index is -0.379. The lowest BCUT2D eigenvalue weighted by Gasteiger charge is -2.28. The molecule has 3 rings (SSSR count). The van der Waals surface area contributed by atoms with E-state index in [0.29, 0.717) is 11.1 Å². The Labute approximate surface area is 142 Å². The van der Waals surface area contributed by atoms with Gasteiger partial charge in [-0.3, -0.25) is 14.9 Å². The molecule has 2 bridgehead atoms. The summed E-state index contributed by atoms with van der Waals surface area (Å²) in [4.78, 5) is 26.1. The third-order valence-electron chi connectivity index (χ3n) is 5.14. The Morgan fingerprint density at radius 1 is 1.25 bits per heavy atom. The zero-order valence-electron chi connectivity index (χ0n) is 14.5. The van der Waals surface area contributed by atoms with E-state index < -0.39 is 0 Å². The fourth-order valence-corrected chi connectivity index (χ4v) is 3.91. The number of fused-ring (bicyclic) bond motifs is 2. The number of nitrogens with one attached hydrogen (secondary N) is 1. The standard InChI is InChI=1S/C18H25N3O3/c1-18(2,3)15-7-4-12(10-16(15)21(23)24)17(22)20-13-5-6-14(20)11-19-9-8-13/h4,7,10,13-14,19H,5-6,8-9,11H2,1-3H3. The Balaban J connectivity index is 1.96. The summed E-state index contributed by atoms with van der Waals surface area (Å²) in [6.45, 7) is 7.56. The molecule has 2 atom stereocenters. The van der Waals surface area contributed by atoms with Gasteiger partial charge < -0.3 is 10.2 Å². The number of hydrogen-bond acceptors (Lipinski definition) is 4. The number of carbonyl (C=O) groups is 1. The van der Waals surface area contributed by atoms with Gasteiger partial charge in [-0.1, -0.05) is 26.8 Å². The first-order valence-electron chi connectivity index (χ1n) is 8.61. The van der Waals surface area contributed by atoms with Crippen molar-refractivity contribution in [2.75, 3.05) is 13.1 Å². The Kier molecular flexibility index (Phi) is 4.34. The van der Waals surface area contributed by atoms with Gasteiger partial charge in [0, 0.05) is 35.8 Å². The van der Waals surface area contributed by atoms with E-state index in [1.54, 1.807) is 12.1 Å². The van der Waals surface area contributed by atoms with Gasteiger partial charge >= 0.3 is 0 Å². The number of benzene rings is 1. The van der Waals surface area contributed by atoms with Crippen LogP contribution in [0.3, 0.4) is 0 Å². The molecule has 0 radical (unpaired) electrons. The number of nitrogens with zero attached hydrogens (tertiary/aromatic N) is 2. The molecule has 2 heterocycles. The van der Waals surface area contributed by atoms with Crippen LogP contribution in [-0.4, -0.2) is 40.9 Å². The first kappa shape index (κ1) is 16.9. The minimum absolute atomic E-state index is 0.0358. The smallest absolute Gasteiger partial charge is 0.273 e. The average Bonchev–Trinajstić information content (AvgIpc) is 2.78. The molecule has 1 aromatic rings. The van der Waals surface area contributed by atoms with Crippen molar-refractivity contribution in [3.63, 3.8) is 0 Å². The van der Waals surface area contributed by atoms with Crippen molar-refractivity contribution in [1.29, 1.82) is 0 Å². The van der Waals surface area contributed by atoms with E-state index in [1.807, 2.05) is 25.7 Å². The van der Waals surface area contributed by atoms with Crippen molar-refractivity contribution in [3.8, 4) is 0 Å². The quantitative estimate of drug-likeness (QED) is 0.668. The zero-order chi connectivity index (χ0) is 17.5. The van der Waals surface area contributed by atoms with Crippen LogP contribution in [-0.2, 0) is 5.41 Å². The molecule has 0 spiro atoms.